The van der Waals surface area contributed by atoms with Crippen molar-refractivity contribution in [3.63, 3.8) is 0 Å². The van der Waals surface area contributed by atoms with E-state index in [4.69, 9.17) is 4.74 Å². The van der Waals surface area contributed by atoms with E-state index in [0.29, 0.717) is 25.3 Å². The van der Waals surface area contributed by atoms with Gasteiger partial charge in [0.15, 0.2) is 0 Å². The van der Waals surface area contributed by atoms with Crippen molar-refractivity contribution in [1.82, 2.24) is 24.4 Å². The monoisotopic (exact) mass is 442 g/mol. The van der Waals surface area contributed by atoms with Crippen LogP contribution >= 0.6 is 0 Å². The van der Waals surface area contributed by atoms with Crippen molar-refractivity contribution in [2.75, 3.05) is 25.0 Å². The Morgan fingerprint density at radius 3 is 2.82 bits per heavy atom. The van der Waals surface area contributed by atoms with Crippen molar-refractivity contribution in [2.24, 2.45) is 7.05 Å². The Morgan fingerprint density at radius 2 is 2.00 bits per heavy atom. The molecule has 33 heavy (non-hydrogen) atoms. The van der Waals surface area contributed by atoms with Crippen LogP contribution in [0.4, 0.5) is 11.5 Å². The van der Waals surface area contributed by atoms with Gasteiger partial charge in [0.25, 0.3) is 5.91 Å². The Hall–Kier alpha value is -3.78. The van der Waals surface area contributed by atoms with Gasteiger partial charge in [-0.3, -0.25) is 9.78 Å². The van der Waals surface area contributed by atoms with Crippen molar-refractivity contribution in [3.8, 4) is 0 Å². The number of nitrogens with one attached hydrogen (secondary N) is 1. The number of aromatic nitrogens is 4. The van der Waals surface area contributed by atoms with Crippen LogP contribution in [-0.4, -0.2) is 50.0 Å². The van der Waals surface area contributed by atoms with Crippen LogP contribution in [0.25, 0.3) is 11.0 Å². The predicted molar refractivity (Wildman–Crippen MR) is 127 cm³/mol. The molecule has 4 aromatic rings. The molecule has 1 fully saturated rings. The molecule has 8 nitrogen and oxygen atoms in total. The van der Waals surface area contributed by atoms with E-state index in [2.05, 4.69) is 20.3 Å². The zero-order chi connectivity index (χ0) is 22.9. The van der Waals surface area contributed by atoms with E-state index in [1.807, 2.05) is 78.9 Å². The van der Waals surface area contributed by atoms with Crippen LogP contribution in [0.2, 0.25) is 0 Å². The van der Waals surface area contributed by atoms with E-state index in [0.717, 1.165) is 39.8 Å². The quantitative estimate of drug-likeness (QED) is 0.515. The highest BCUT2D eigenvalue weighted by molar-refractivity contribution is 5.97. The molecule has 1 aliphatic heterocycles. The second-order valence-electron chi connectivity index (χ2n) is 8.29. The highest BCUT2D eigenvalue weighted by atomic mass is 16.5. The summed E-state index contributed by atoms with van der Waals surface area (Å²) in [4.78, 5) is 28.7. The molecule has 8 heteroatoms. The Balaban J connectivity index is 1.36. The molecular weight excluding hydrogens is 416 g/mol. The number of amides is 1. The molecule has 4 heterocycles. The van der Waals surface area contributed by atoms with E-state index in [1.165, 1.54) is 0 Å². The van der Waals surface area contributed by atoms with Gasteiger partial charge in [0.2, 0.25) is 0 Å². The first-order chi connectivity index (χ1) is 16.0. The number of pyridine rings is 2. The standard InChI is InChI=1S/C25H26N6O2/c1-16-12-19(29-24-6-4-5-9-26-24)14-21(27-16)23-15-31(10-11-33-23)25(32)18-7-8-22-20(13-18)28-17(2)30(22)3/h4-9,12-14,23H,10-11,15H2,1-3H3,(H,26,27,29). The van der Waals surface area contributed by atoms with Gasteiger partial charge in [0.05, 0.1) is 29.9 Å². The number of morpholine rings is 1. The fourth-order valence-corrected chi connectivity index (χ4v) is 4.16. The van der Waals surface area contributed by atoms with Crippen molar-refractivity contribution in [3.05, 3.63) is 77.5 Å². The molecule has 1 aliphatic rings. The van der Waals surface area contributed by atoms with Crippen LogP contribution in [0.1, 0.15) is 33.7 Å². The molecular formula is C25H26N6O2. The lowest BCUT2D eigenvalue weighted by Gasteiger charge is -2.33. The Kier molecular flexibility index (Phi) is 5.51. The van der Waals surface area contributed by atoms with Gasteiger partial charge >= 0.3 is 0 Å². The van der Waals surface area contributed by atoms with Gasteiger partial charge in [-0.05, 0) is 56.3 Å². The van der Waals surface area contributed by atoms with Crippen LogP contribution in [0, 0.1) is 13.8 Å². The molecule has 1 atom stereocenters. The van der Waals surface area contributed by atoms with Crippen LogP contribution in [0.5, 0.6) is 0 Å². The van der Waals surface area contributed by atoms with Gasteiger partial charge in [-0.15, -0.1) is 0 Å². The van der Waals surface area contributed by atoms with Crippen molar-refractivity contribution >= 4 is 28.4 Å². The van der Waals surface area contributed by atoms with Gasteiger partial charge < -0.3 is 19.5 Å². The molecule has 0 radical (unpaired) electrons. The van der Waals surface area contributed by atoms with Gasteiger partial charge in [0.1, 0.15) is 17.7 Å². The molecule has 1 aromatic carbocycles. The highest BCUT2D eigenvalue weighted by Gasteiger charge is 2.28. The summed E-state index contributed by atoms with van der Waals surface area (Å²) in [6.07, 6.45) is 1.45. The molecule has 3 aromatic heterocycles. The lowest BCUT2D eigenvalue weighted by molar-refractivity contribution is -0.0247. The number of anilines is 2. The lowest BCUT2D eigenvalue weighted by atomic mass is 10.1. The molecule has 168 valence electrons. The summed E-state index contributed by atoms with van der Waals surface area (Å²) in [5.41, 5.74) is 5.03. The third-order valence-corrected chi connectivity index (χ3v) is 5.95. The SMILES string of the molecule is Cc1cc(Nc2ccccn2)cc(C2CN(C(=O)c3ccc4c(c3)nc(C)n4C)CCO2)n1. The Labute approximate surface area is 192 Å². The average molecular weight is 443 g/mol. The second-order valence-corrected chi connectivity index (χ2v) is 8.29. The molecule has 1 N–H and O–H groups in total. The molecule has 0 aliphatic carbocycles. The van der Waals surface area contributed by atoms with Crippen LogP contribution in [0.15, 0.2) is 54.7 Å². The first-order valence-corrected chi connectivity index (χ1v) is 11.0. The number of fused-ring (bicyclic) bond motifs is 1. The van der Waals surface area contributed by atoms with Gasteiger partial charge in [-0.1, -0.05) is 6.07 Å². The number of hydrogen-bond donors (Lipinski definition) is 1. The summed E-state index contributed by atoms with van der Waals surface area (Å²) in [5.74, 6) is 1.66. The molecule has 0 spiro atoms. The zero-order valence-electron chi connectivity index (χ0n) is 18.9. The zero-order valence-corrected chi connectivity index (χ0v) is 18.9. The lowest BCUT2D eigenvalue weighted by Crippen LogP contribution is -2.42. The predicted octanol–water partition coefficient (Wildman–Crippen LogP) is 3.94. The maximum atomic E-state index is 13.3. The second kappa shape index (κ2) is 8.63. The molecule has 5 rings (SSSR count). The minimum absolute atomic E-state index is 0.0204. The summed E-state index contributed by atoms with van der Waals surface area (Å²) in [6.45, 7) is 5.35. The highest BCUT2D eigenvalue weighted by Crippen LogP contribution is 2.26. The summed E-state index contributed by atoms with van der Waals surface area (Å²) in [6, 6.07) is 15.3. The van der Waals surface area contributed by atoms with Crippen LogP contribution in [0.3, 0.4) is 0 Å². The number of carbonyl (C=O) groups excluding carboxylic acids is 1. The number of carbonyl (C=O) groups is 1. The molecule has 1 amide bonds. The largest absolute Gasteiger partial charge is 0.368 e. The average Bonchev–Trinajstić information content (AvgIpc) is 3.11. The fraction of sp³-hybridized carbons (Fsp3) is 0.280. The van der Waals surface area contributed by atoms with Crippen molar-refractivity contribution in [2.45, 2.75) is 20.0 Å². The fourth-order valence-electron chi connectivity index (χ4n) is 4.16. The summed E-state index contributed by atoms with van der Waals surface area (Å²) < 4.78 is 8.04. The maximum absolute atomic E-state index is 13.3. The summed E-state index contributed by atoms with van der Waals surface area (Å²) >= 11 is 0. The number of ether oxygens (including phenoxy) is 1. The normalized spacial score (nSPS) is 16.2. The topological polar surface area (TPSA) is 85.2 Å². The minimum atomic E-state index is -0.298. The number of imidazole rings is 1. The number of aryl methyl sites for hydroxylation is 3. The third-order valence-electron chi connectivity index (χ3n) is 5.95. The van der Waals surface area contributed by atoms with E-state index >= 15 is 0 Å². The van der Waals surface area contributed by atoms with Gasteiger partial charge in [0, 0.05) is 36.7 Å². The molecule has 1 saturated heterocycles. The number of nitrogens with zero attached hydrogens (tertiary/aromatic N) is 5. The Morgan fingerprint density at radius 1 is 1.12 bits per heavy atom. The van der Waals surface area contributed by atoms with E-state index in [1.54, 1.807) is 6.20 Å². The third kappa shape index (κ3) is 4.29. The van der Waals surface area contributed by atoms with E-state index < -0.39 is 0 Å². The first kappa shape index (κ1) is 21.1. The number of benzene rings is 1. The Bertz CT molecular complexity index is 1320. The summed E-state index contributed by atoms with van der Waals surface area (Å²) in [5, 5.41) is 3.31. The molecule has 0 bridgehead atoms. The number of hydrogen-bond acceptors (Lipinski definition) is 6. The number of rotatable bonds is 4. The van der Waals surface area contributed by atoms with Crippen LogP contribution in [-0.2, 0) is 11.8 Å². The molecule has 1 unspecified atom stereocenters. The minimum Gasteiger partial charge on any atom is -0.368 e. The van der Waals surface area contributed by atoms with Crippen LogP contribution < -0.4 is 5.32 Å². The maximum Gasteiger partial charge on any atom is 0.254 e. The summed E-state index contributed by atoms with van der Waals surface area (Å²) in [7, 11) is 1.98. The van der Waals surface area contributed by atoms with E-state index in [-0.39, 0.29) is 12.0 Å². The van der Waals surface area contributed by atoms with Crippen molar-refractivity contribution in [1.29, 1.82) is 0 Å². The molecule has 0 saturated carbocycles. The van der Waals surface area contributed by atoms with Gasteiger partial charge in [-0.25, -0.2) is 9.97 Å². The first-order valence-electron chi connectivity index (χ1n) is 11.0. The van der Waals surface area contributed by atoms with Crippen molar-refractivity contribution < 1.29 is 9.53 Å². The smallest absolute Gasteiger partial charge is 0.254 e. The van der Waals surface area contributed by atoms with Gasteiger partial charge in [-0.2, -0.15) is 0 Å². The van der Waals surface area contributed by atoms with E-state index in [9.17, 15) is 4.79 Å².